The van der Waals surface area contributed by atoms with E-state index < -0.39 is 0 Å². The molecule has 1 aromatic rings. The van der Waals surface area contributed by atoms with Crippen molar-refractivity contribution in [2.75, 3.05) is 0 Å². The summed E-state index contributed by atoms with van der Waals surface area (Å²) >= 11 is 3.37. The number of aliphatic hydroxyl groups is 1. The van der Waals surface area contributed by atoms with Crippen LogP contribution in [0.1, 0.15) is 18.1 Å². The van der Waals surface area contributed by atoms with Crippen LogP contribution in [0, 0.1) is 6.92 Å². The first-order valence-corrected chi connectivity index (χ1v) is 5.39. The Morgan fingerprint density at radius 2 is 2.00 bits per heavy atom. The van der Waals surface area contributed by atoms with Crippen LogP contribution in [0.5, 0.6) is 0 Å². The largest absolute Gasteiger partial charge is 0.392 e. The molecular weight excluding hydrogens is 228 g/mol. The van der Waals surface area contributed by atoms with E-state index in [-0.39, 0.29) is 10.9 Å². The fraction of sp³-hybridized carbons (Fsp3) is 0.455. The minimum atomic E-state index is -0.305. The van der Waals surface area contributed by atoms with Crippen LogP contribution in [0.3, 0.4) is 0 Å². The zero-order valence-electron chi connectivity index (χ0n) is 8.00. The number of hydrogen-bond donors (Lipinski definition) is 1. The van der Waals surface area contributed by atoms with Gasteiger partial charge in [-0.25, -0.2) is 0 Å². The van der Waals surface area contributed by atoms with E-state index >= 15 is 0 Å². The third kappa shape index (κ3) is 3.12. The van der Waals surface area contributed by atoms with Crippen LogP contribution in [0.2, 0.25) is 0 Å². The maximum Gasteiger partial charge on any atom is 0.0702 e. The Balaban J connectivity index is 2.69. The number of rotatable bonds is 3. The van der Waals surface area contributed by atoms with Gasteiger partial charge in [-0.1, -0.05) is 47.1 Å². The molecule has 2 heteroatoms. The monoisotopic (exact) mass is 242 g/mol. The van der Waals surface area contributed by atoms with Crippen LogP contribution < -0.4 is 0 Å². The second kappa shape index (κ2) is 4.77. The summed E-state index contributed by atoms with van der Waals surface area (Å²) in [4.78, 5) is 0.145. The van der Waals surface area contributed by atoms with Gasteiger partial charge in [0.2, 0.25) is 0 Å². The summed E-state index contributed by atoms with van der Waals surface area (Å²) in [5, 5.41) is 9.66. The Hall–Kier alpha value is -0.340. The lowest BCUT2D eigenvalue weighted by atomic mass is 10.0. The molecule has 0 aliphatic carbocycles. The summed E-state index contributed by atoms with van der Waals surface area (Å²) in [5.74, 6) is 0. The molecule has 1 N–H and O–H groups in total. The molecule has 0 amide bonds. The number of halogens is 1. The minimum Gasteiger partial charge on any atom is -0.392 e. The molecule has 0 spiro atoms. The summed E-state index contributed by atoms with van der Waals surface area (Å²) in [5.41, 5.74) is 2.47. The molecule has 0 bridgehead atoms. The molecule has 0 aliphatic heterocycles. The SMILES string of the molecule is Cc1ccccc1CC(O)C(C)Br. The first-order chi connectivity index (χ1) is 6.11. The van der Waals surface area contributed by atoms with Crippen LogP contribution in [-0.2, 0) is 6.42 Å². The van der Waals surface area contributed by atoms with Gasteiger partial charge < -0.3 is 5.11 Å². The highest BCUT2D eigenvalue weighted by atomic mass is 79.9. The quantitative estimate of drug-likeness (QED) is 0.809. The maximum atomic E-state index is 9.66. The second-order valence-corrected chi connectivity index (χ2v) is 4.82. The normalized spacial score (nSPS) is 15.4. The highest BCUT2D eigenvalue weighted by molar-refractivity contribution is 9.09. The molecule has 0 heterocycles. The lowest BCUT2D eigenvalue weighted by Crippen LogP contribution is -2.20. The average Bonchev–Trinajstić information content (AvgIpc) is 2.08. The molecule has 2 unspecified atom stereocenters. The van der Waals surface area contributed by atoms with Crippen LogP contribution in [-0.4, -0.2) is 16.0 Å². The zero-order valence-corrected chi connectivity index (χ0v) is 9.58. The third-order valence-corrected chi connectivity index (χ3v) is 2.83. The van der Waals surface area contributed by atoms with Gasteiger partial charge in [-0.05, 0) is 24.5 Å². The molecule has 72 valence electrons. The first-order valence-electron chi connectivity index (χ1n) is 4.48. The van der Waals surface area contributed by atoms with Gasteiger partial charge in [-0.15, -0.1) is 0 Å². The smallest absolute Gasteiger partial charge is 0.0702 e. The number of alkyl halides is 1. The van der Waals surface area contributed by atoms with Crippen LogP contribution in [0.25, 0.3) is 0 Å². The summed E-state index contributed by atoms with van der Waals surface area (Å²) in [7, 11) is 0. The van der Waals surface area contributed by atoms with Gasteiger partial charge in [0.15, 0.2) is 0 Å². The van der Waals surface area contributed by atoms with Crippen molar-refractivity contribution in [2.24, 2.45) is 0 Å². The molecule has 1 rings (SSSR count). The van der Waals surface area contributed by atoms with Gasteiger partial charge in [-0.3, -0.25) is 0 Å². The standard InChI is InChI=1S/C11H15BrO/c1-8-5-3-4-6-10(8)7-11(13)9(2)12/h3-6,9,11,13H,7H2,1-2H3. The molecule has 0 fully saturated rings. The molecule has 0 aliphatic rings. The van der Waals surface area contributed by atoms with Crippen molar-refractivity contribution in [1.29, 1.82) is 0 Å². The zero-order chi connectivity index (χ0) is 9.84. The van der Waals surface area contributed by atoms with Crippen molar-refractivity contribution >= 4 is 15.9 Å². The van der Waals surface area contributed by atoms with E-state index in [1.54, 1.807) is 0 Å². The third-order valence-electron chi connectivity index (χ3n) is 2.22. The van der Waals surface area contributed by atoms with Gasteiger partial charge in [-0.2, -0.15) is 0 Å². The second-order valence-electron chi connectivity index (χ2n) is 3.38. The molecule has 0 aromatic heterocycles. The fourth-order valence-electron chi connectivity index (χ4n) is 1.23. The Kier molecular flexibility index (Phi) is 3.94. The van der Waals surface area contributed by atoms with Gasteiger partial charge in [0.1, 0.15) is 0 Å². The van der Waals surface area contributed by atoms with Gasteiger partial charge in [0, 0.05) is 4.83 Å². The van der Waals surface area contributed by atoms with Crippen molar-refractivity contribution in [3.63, 3.8) is 0 Å². The van der Waals surface area contributed by atoms with E-state index in [1.807, 2.05) is 19.1 Å². The summed E-state index contributed by atoms with van der Waals surface area (Å²) in [6, 6.07) is 8.16. The lowest BCUT2D eigenvalue weighted by Gasteiger charge is -2.14. The Labute approximate surface area is 87.9 Å². The van der Waals surface area contributed by atoms with E-state index in [0.29, 0.717) is 0 Å². The van der Waals surface area contributed by atoms with Crippen molar-refractivity contribution in [3.05, 3.63) is 35.4 Å². The Bertz CT molecular complexity index is 271. The first kappa shape index (κ1) is 10.7. The van der Waals surface area contributed by atoms with Gasteiger partial charge in [0.05, 0.1) is 6.10 Å². The molecule has 0 radical (unpaired) electrons. The van der Waals surface area contributed by atoms with Crippen molar-refractivity contribution in [1.82, 2.24) is 0 Å². The lowest BCUT2D eigenvalue weighted by molar-refractivity contribution is 0.178. The van der Waals surface area contributed by atoms with Gasteiger partial charge in [0.25, 0.3) is 0 Å². The van der Waals surface area contributed by atoms with Crippen LogP contribution in [0.4, 0.5) is 0 Å². The Morgan fingerprint density at radius 1 is 1.38 bits per heavy atom. The van der Waals surface area contributed by atoms with Gasteiger partial charge >= 0.3 is 0 Å². The van der Waals surface area contributed by atoms with Crippen molar-refractivity contribution in [3.8, 4) is 0 Å². The number of aliphatic hydroxyl groups excluding tert-OH is 1. The highest BCUT2D eigenvalue weighted by Gasteiger charge is 2.11. The topological polar surface area (TPSA) is 20.2 Å². The van der Waals surface area contributed by atoms with Crippen molar-refractivity contribution in [2.45, 2.75) is 31.2 Å². The summed E-state index contributed by atoms with van der Waals surface area (Å²) in [6.45, 7) is 4.03. The van der Waals surface area contributed by atoms with E-state index in [1.165, 1.54) is 11.1 Å². The van der Waals surface area contributed by atoms with E-state index in [0.717, 1.165) is 6.42 Å². The van der Waals surface area contributed by atoms with Crippen LogP contribution in [0.15, 0.2) is 24.3 Å². The molecule has 0 saturated heterocycles. The molecule has 0 saturated carbocycles. The highest BCUT2D eigenvalue weighted by Crippen LogP contribution is 2.14. The maximum absolute atomic E-state index is 9.66. The Morgan fingerprint density at radius 3 is 2.54 bits per heavy atom. The number of aryl methyl sites for hydroxylation is 1. The number of benzene rings is 1. The fourth-order valence-corrected chi connectivity index (χ4v) is 1.41. The molecule has 1 aromatic carbocycles. The van der Waals surface area contributed by atoms with Crippen LogP contribution >= 0.6 is 15.9 Å². The van der Waals surface area contributed by atoms with E-state index in [9.17, 15) is 5.11 Å². The van der Waals surface area contributed by atoms with E-state index in [4.69, 9.17) is 0 Å². The predicted octanol–water partition coefficient (Wildman–Crippen LogP) is 2.68. The number of hydrogen-bond acceptors (Lipinski definition) is 1. The minimum absolute atomic E-state index is 0.145. The average molecular weight is 243 g/mol. The predicted molar refractivity (Wildman–Crippen MR) is 59.3 cm³/mol. The molecule has 1 nitrogen and oxygen atoms in total. The van der Waals surface area contributed by atoms with E-state index in [2.05, 4.69) is 35.0 Å². The summed E-state index contributed by atoms with van der Waals surface area (Å²) in [6.07, 6.45) is 0.417. The summed E-state index contributed by atoms with van der Waals surface area (Å²) < 4.78 is 0. The molecule has 2 atom stereocenters. The molecular formula is C11H15BrO. The molecule has 13 heavy (non-hydrogen) atoms. The van der Waals surface area contributed by atoms with Crippen molar-refractivity contribution < 1.29 is 5.11 Å².